The van der Waals surface area contributed by atoms with Crippen LogP contribution in [0.5, 0.6) is 0 Å². The second-order valence-corrected chi connectivity index (χ2v) is 4.76. The summed E-state index contributed by atoms with van der Waals surface area (Å²) in [5, 5.41) is 1.72. The van der Waals surface area contributed by atoms with Gasteiger partial charge in [-0.1, -0.05) is 12.1 Å². The van der Waals surface area contributed by atoms with E-state index in [1.54, 1.807) is 35.7 Å². The van der Waals surface area contributed by atoms with Gasteiger partial charge in [0.15, 0.2) is 0 Å². The Morgan fingerprint density at radius 3 is 2.68 bits per heavy atom. The smallest absolute Gasteiger partial charge is 0.350 e. The van der Waals surface area contributed by atoms with Crippen LogP contribution in [0.25, 0.3) is 0 Å². The number of amides is 1. The minimum Gasteiger partial charge on any atom is -0.457 e. The van der Waals surface area contributed by atoms with Crippen LogP contribution in [0, 0.1) is 0 Å². The Morgan fingerprint density at radius 1 is 1.26 bits per heavy atom. The van der Waals surface area contributed by atoms with E-state index in [-0.39, 0.29) is 6.61 Å². The number of benzene rings is 1. The predicted molar refractivity (Wildman–Crippen MR) is 72.8 cm³/mol. The third kappa shape index (κ3) is 3.11. The number of hydrogen-bond acceptors (Lipinski definition) is 5. The van der Waals surface area contributed by atoms with Crippen molar-refractivity contribution in [3.63, 3.8) is 0 Å². The molecule has 1 amide bonds. The summed E-state index contributed by atoms with van der Waals surface area (Å²) in [6, 6.07) is 8.27. The molecule has 2 rings (SSSR count). The molecule has 0 aliphatic carbocycles. The molecule has 0 bridgehead atoms. The molecule has 0 fully saturated rings. The van der Waals surface area contributed by atoms with Gasteiger partial charge < -0.3 is 16.2 Å². The molecule has 6 heteroatoms. The number of nitrogens with two attached hydrogens (primary N) is 2. The average molecular weight is 276 g/mol. The first-order valence-corrected chi connectivity index (χ1v) is 6.34. The lowest BCUT2D eigenvalue weighted by Crippen LogP contribution is -2.11. The summed E-state index contributed by atoms with van der Waals surface area (Å²) >= 11 is 1.23. The fourth-order valence-electron chi connectivity index (χ4n) is 1.51. The van der Waals surface area contributed by atoms with Gasteiger partial charge in [0.25, 0.3) is 0 Å². The number of hydrogen-bond donors (Lipinski definition) is 2. The predicted octanol–water partition coefficient (Wildman–Crippen LogP) is 1.79. The number of nitrogen functional groups attached to an aromatic ring is 1. The summed E-state index contributed by atoms with van der Waals surface area (Å²) in [5.41, 5.74) is 12.3. The molecule has 0 spiro atoms. The third-order valence-corrected chi connectivity index (χ3v) is 3.37. The van der Waals surface area contributed by atoms with Crippen LogP contribution in [0.15, 0.2) is 35.7 Å². The van der Waals surface area contributed by atoms with Gasteiger partial charge in [-0.15, -0.1) is 11.3 Å². The molecule has 1 aromatic heterocycles. The maximum absolute atomic E-state index is 11.7. The highest BCUT2D eigenvalue weighted by Crippen LogP contribution is 2.20. The van der Waals surface area contributed by atoms with Crippen molar-refractivity contribution in [2.75, 3.05) is 5.73 Å². The largest absolute Gasteiger partial charge is 0.457 e. The molecule has 1 heterocycles. The molecular weight excluding hydrogens is 264 g/mol. The summed E-state index contributed by atoms with van der Waals surface area (Å²) in [6.45, 7) is 0.0668. The van der Waals surface area contributed by atoms with E-state index in [9.17, 15) is 9.59 Å². The number of primary amides is 1. The number of anilines is 1. The molecule has 98 valence electrons. The maximum Gasteiger partial charge on any atom is 0.350 e. The molecule has 1 aromatic carbocycles. The molecular formula is C13H12N2O3S. The first kappa shape index (κ1) is 13.1. The highest BCUT2D eigenvalue weighted by Gasteiger charge is 2.13. The van der Waals surface area contributed by atoms with Crippen molar-refractivity contribution in [3.05, 3.63) is 51.7 Å². The van der Waals surface area contributed by atoms with Crippen LogP contribution in [-0.4, -0.2) is 11.9 Å². The summed E-state index contributed by atoms with van der Waals surface area (Å²) < 4.78 is 5.13. The molecule has 0 saturated heterocycles. The lowest BCUT2D eigenvalue weighted by atomic mass is 10.1. The van der Waals surface area contributed by atoms with E-state index < -0.39 is 11.9 Å². The zero-order chi connectivity index (χ0) is 13.8. The number of esters is 1. The minimum atomic E-state index is -0.518. The van der Waals surface area contributed by atoms with Crippen LogP contribution >= 0.6 is 11.3 Å². The van der Waals surface area contributed by atoms with Crippen molar-refractivity contribution in [2.45, 2.75) is 6.61 Å². The molecule has 0 aliphatic rings. The van der Waals surface area contributed by atoms with Gasteiger partial charge in [-0.05, 0) is 29.1 Å². The lowest BCUT2D eigenvalue weighted by molar-refractivity contribution is 0.0479. The normalized spacial score (nSPS) is 10.1. The summed E-state index contributed by atoms with van der Waals surface area (Å²) in [4.78, 5) is 23.1. The second kappa shape index (κ2) is 5.53. The van der Waals surface area contributed by atoms with Crippen LogP contribution in [-0.2, 0) is 11.3 Å². The van der Waals surface area contributed by atoms with Crippen molar-refractivity contribution in [3.8, 4) is 0 Å². The summed E-state index contributed by atoms with van der Waals surface area (Å²) in [5.74, 6) is -0.993. The lowest BCUT2D eigenvalue weighted by Gasteiger charge is -2.05. The highest BCUT2D eigenvalue weighted by molar-refractivity contribution is 7.12. The van der Waals surface area contributed by atoms with E-state index in [1.807, 2.05) is 0 Å². The molecule has 0 atom stereocenters. The maximum atomic E-state index is 11.7. The fraction of sp³-hybridized carbons (Fsp3) is 0.0769. The van der Waals surface area contributed by atoms with Gasteiger partial charge in [0.1, 0.15) is 11.5 Å². The average Bonchev–Trinajstić information content (AvgIpc) is 2.82. The molecule has 4 N–H and O–H groups in total. The molecule has 5 nitrogen and oxygen atoms in total. The highest BCUT2D eigenvalue weighted by atomic mass is 32.1. The minimum absolute atomic E-state index is 0.0668. The molecule has 2 aromatic rings. The van der Waals surface area contributed by atoms with Gasteiger partial charge in [0, 0.05) is 5.56 Å². The first-order chi connectivity index (χ1) is 9.08. The van der Waals surface area contributed by atoms with E-state index >= 15 is 0 Å². The Bertz CT molecular complexity index is 622. The Morgan fingerprint density at radius 2 is 2.05 bits per heavy atom. The monoisotopic (exact) mass is 276 g/mol. The quantitative estimate of drug-likeness (QED) is 0.832. The summed E-state index contributed by atoms with van der Waals surface area (Å²) in [6.07, 6.45) is 0. The van der Waals surface area contributed by atoms with Crippen molar-refractivity contribution in [1.29, 1.82) is 0 Å². The molecule has 0 aliphatic heterocycles. The van der Waals surface area contributed by atoms with E-state index in [0.717, 1.165) is 0 Å². The number of carbonyl (C=O) groups is 2. The van der Waals surface area contributed by atoms with Gasteiger partial charge >= 0.3 is 5.97 Å². The van der Waals surface area contributed by atoms with Gasteiger partial charge in [-0.3, -0.25) is 4.79 Å². The molecule has 0 radical (unpaired) electrons. The van der Waals surface area contributed by atoms with E-state index in [1.165, 1.54) is 11.3 Å². The Kier molecular flexibility index (Phi) is 3.82. The van der Waals surface area contributed by atoms with Crippen molar-refractivity contribution in [1.82, 2.24) is 0 Å². The van der Waals surface area contributed by atoms with Crippen molar-refractivity contribution >= 4 is 28.9 Å². The number of thiophene rings is 1. The third-order valence-electron chi connectivity index (χ3n) is 2.46. The van der Waals surface area contributed by atoms with E-state index in [4.69, 9.17) is 16.2 Å². The van der Waals surface area contributed by atoms with Crippen molar-refractivity contribution in [2.24, 2.45) is 5.73 Å². The van der Waals surface area contributed by atoms with E-state index in [2.05, 4.69) is 0 Å². The zero-order valence-corrected chi connectivity index (χ0v) is 10.8. The Labute approximate surface area is 113 Å². The number of ether oxygens (including phenoxy) is 1. The molecule has 0 unspecified atom stereocenters. The van der Waals surface area contributed by atoms with Crippen LogP contribution < -0.4 is 11.5 Å². The SMILES string of the molecule is NC(=O)c1cccc(COC(=O)c2sccc2N)c1. The topological polar surface area (TPSA) is 95.4 Å². The molecule has 19 heavy (non-hydrogen) atoms. The Hall–Kier alpha value is -2.34. The van der Waals surface area contributed by atoms with Crippen molar-refractivity contribution < 1.29 is 14.3 Å². The number of carbonyl (C=O) groups excluding carboxylic acids is 2. The van der Waals surface area contributed by atoms with E-state index in [0.29, 0.717) is 21.7 Å². The molecule has 0 saturated carbocycles. The zero-order valence-electron chi connectivity index (χ0n) is 9.96. The standard InChI is InChI=1S/C13H12N2O3S/c14-10-4-5-19-11(10)13(17)18-7-8-2-1-3-9(6-8)12(15)16/h1-6H,7,14H2,(H2,15,16). The van der Waals surface area contributed by atoms with Crippen LogP contribution in [0.2, 0.25) is 0 Å². The fourth-order valence-corrected chi connectivity index (χ4v) is 2.22. The number of rotatable bonds is 4. The van der Waals surface area contributed by atoms with Gasteiger partial charge in [0.05, 0.1) is 5.69 Å². The van der Waals surface area contributed by atoms with Gasteiger partial charge in [-0.25, -0.2) is 4.79 Å². The first-order valence-electron chi connectivity index (χ1n) is 5.47. The van der Waals surface area contributed by atoms with Crippen LogP contribution in [0.4, 0.5) is 5.69 Å². The van der Waals surface area contributed by atoms with Gasteiger partial charge in [0.2, 0.25) is 5.91 Å². The summed E-state index contributed by atoms with van der Waals surface area (Å²) in [7, 11) is 0. The van der Waals surface area contributed by atoms with Gasteiger partial charge in [-0.2, -0.15) is 0 Å². The second-order valence-electron chi connectivity index (χ2n) is 3.85. The van der Waals surface area contributed by atoms with Crippen LogP contribution in [0.1, 0.15) is 25.6 Å². The Balaban J connectivity index is 2.03. The van der Waals surface area contributed by atoms with Crippen LogP contribution in [0.3, 0.4) is 0 Å².